The molecule has 0 fully saturated rings. The van der Waals surface area contributed by atoms with E-state index in [0.717, 1.165) is 0 Å². The smallest absolute Gasteiger partial charge is 0.303 e. The maximum atomic E-state index is 8.88. The topological polar surface area (TPSA) is 77.8 Å². The lowest BCUT2D eigenvalue weighted by Gasteiger charge is -1.82. The van der Waals surface area contributed by atoms with E-state index in [1.165, 1.54) is 0 Å². The lowest BCUT2D eigenvalue weighted by Crippen LogP contribution is -1.66. The van der Waals surface area contributed by atoms with Crippen LogP contribution < -0.4 is 0 Å². The molecule has 3 N–H and O–H groups in total. The van der Waals surface area contributed by atoms with Crippen molar-refractivity contribution in [2.24, 2.45) is 0 Å². The fraction of sp³-hybridized carbons (Fsp3) is 0. The van der Waals surface area contributed by atoms with Crippen LogP contribution >= 0.6 is 7.82 Å². The van der Waals surface area contributed by atoms with Crippen LogP contribution in [-0.2, 0) is 4.57 Å². The van der Waals surface area contributed by atoms with E-state index in [-0.39, 0.29) is 25.8 Å². The summed E-state index contributed by atoms with van der Waals surface area (Å²) in [5, 5.41) is 0. The van der Waals surface area contributed by atoms with Gasteiger partial charge in [0.05, 0.1) is 8.41 Å². The average molecular weight is 142 g/mol. The number of phosphoric acid groups is 1. The summed E-state index contributed by atoms with van der Waals surface area (Å²) in [4.78, 5) is 21.6. The molecule has 0 aliphatic heterocycles. The Hall–Kier alpha value is 0.707. The van der Waals surface area contributed by atoms with Crippen molar-refractivity contribution in [2.75, 3.05) is 0 Å². The third-order valence-electron chi connectivity index (χ3n) is 0. The van der Waals surface area contributed by atoms with Crippen molar-refractivity contribution < 1.29 is 19.2 Å². The Kier molecular flexibility index (Phi) is 10.9. The SMILES string of the molecule is B.O=P(O)(O)O.[AlH3]. The highest BCUT2D eigenvalue weighted by atomic mass is 31.2. The fourth-order valence-corrected chi connectivity index (χ4v) is 0. The minimum absolute atomic E-state index is 0. The van der Waals surface area contributed by atoms with Crippen LogP contribution in [0.15, 0.2) is 0 Å². The number of hydrogen-bond donors (Lipinski definition) is 3. The van der Waals surface area contributed by atoms with Crippen molar-refractivity contribution >= 4 is 33.6 Å². The Labute approximate surface area is 53.5 Å². The first-order chi connectivity index (χ1) is 2.00. The zero-order valence-electron chi connectivity index (χ0n) is 2.20. The van der Waals surface area contributed by atoms with Crippen LogP contribution in [-0.4, -0.2) is 40.5 Å². The van der Waals surface area contributed by atoms with Gasteiger partial charge in [0.15, 0.2) is 17.4 Å². The molecule has 0 amide bonds. The average Bonchev–Trinajstić information content (AvgIpc) is 0.722. The summed E-state index contributed by atoms with van der Waals surface area (Å²) in [7, 11) is -4.64. The van der Waals surface area contributed by atoms with Gasteiger partial charge in [0.2, 0.25) is 0 Å². The van der Waals surface area contributed by atoms with Crippen LogP contribution in [0.1, 0.15) is 0 Å². The molecule has 0 aromatic carbocycles. The number of hydrogen-bond acceptors (Lipinski definition) is 1. The molecule has 0 aliphatic rings. The van der Waals surface area contributed by atoms with Gasteiger partial charge in [0.1, 0.15) is 0 Å². The van der Waals surface area contributed by atoms with Crippen LogP contribution in [0.2, 0.25) is 0 Å². The highest BCUT2D eigenvalue weighted by Gasteiger charge is 2.00. The van der Waals surface area contributed by atoms with Gasteiger partial charge in [-0.1, -0.05) is 0 Å². The molecule has 0 aromatic rings. The van der Waals surface area contributed by atoms with Crippen molar-refractivity contribution in [3.8, 4) is 0 Å². The maximum absolute atomic E-state index is 8.88. The van der Waals surface area contributed by atoms with Gasteiger partial charge in [0.25, 0.3) is 0 Å². The van der Waals surface area contributed by atoms with E-state index >= 15 is 0 Å². The van der Waals surface area contributed by atoms with Gasteiger partial charge in [-0.15, -0.1) is 0 Å². The summed E-state index contributed by atoms with van der Waals surface area (Å²) in [6.45, 7) is 0. The minimum Gasteiger partial charge on any atom is -0.303 e. The van der Waals surface area contributed by atoms with Crippen molar-refractivity contribution in [1.29, 1.82) is 0 Å². The Balaban J connectivity index is -0.0000000800. The van der Waals surface area contributed by atoms with Crippen LogP contribution in [0.4, 0.5) is 0 Å². The molecule has 0 saturated carbocycles. The monoisotopic (exact) mass is 142 g/mol. The summed E-state index contributed by atoms with van der Waals surface area (Å²) in [5.41, 5.74) is 0. The normalized spacial score (nSPS) is 8.43. The molecule has 0 atom stereocenters. The molecular formula is H9AlBO4P. The van der Waals surface area contributed by atoms with Gasteiger partial charge in [-0.2, -0.15) is 0 Å². The molecular weight excluding hydrogens is 133 g/mol. The zero-order chi connectivity index (χ0) is 4.50. The van der Waals surface area contributed by atoms with Gasteiger partial charge in [-0.25, -0.2) is 4.57 Å². The standard InChI is InChI=1S/Al.BH3.H3O4P.3H/c;;1-5(2,3)4;;;/h;1H3;(H3,1,2,3,4);;;. The first-order valence-electron chi connectivity index (χ1n) is 0.783. The number of rotatable bonds is 0. The van der Waals surface area contributed by atoms with Crippen molar-refractivity contribution in [3.05, 3.63) is 0 Å². The Morgan fingerprint density at radius 1 is 1.14 bits per heavy atom. The van der Waals surface area contributed by atoms with E-state index in [0.29, 0.717) is 0 Å². The molecule has 44 valence electrons. The first-order valence-corrected chi connectivity index (χ1v) is 2.35. The van der Waals surface area contributed by atoms with Crippen LogP contribution in [0.3, 0.4) is 0 Å². The molecule has 0 aliphatic carbocycles. The molecule has 0 radical (unpaired) electrons. The third-order valence-corrected chi connectivity index (χ3v) is 0. The zero-order valence-corrected chi connectivity index (χ0v) is 3.09. The van der Waals surface area contributed by atoms with Crippen LogP contribution in [0.5, 0.6) is 0 Å². The second-order valence-electron chi connectivity index (χ2n) is 0.513. The van der Waals surface area contributed by atoms with Gasteiger partial charge >= 0.3 is 7.82 Å². The molecule has 0 heterocycles. The largest absolute Gasteiger partial charge is 0.466 e. The van der Waals surface area contributed by atoms with Crippen LogP contribution in [0, 0.1) is 0 Å². The highest BCUT2D eigenvalue weighted by molar-refractivity contribution is 7.45. The predicted octanol–water partition coefficient (Wildman–Crippen LogP) is -3.30. The molecule has 0 bridgehead atoms. The van der Waals surface area contributed by atoms with Gasteiger partial charge < -0.3 is 14.7 Å². The highest BCUT2D eigenvalue weighted by Crippen LogP contribution is 2.25. The van der Waals surface area contributed by atoms with Crippen molar-refractivity contribution in [2.45, 2.75) is 0 Å². The quantitative estimate of drug-likeness (QED) is 0.244. The molecule has 0 aromatic heterocycles. The van der Waals surface area contributed by atoms with E-state index < -0.39 is 7.82 Å². The van der Waals surface area contributed by atoms with E-state index in [1.54, 1.807) is 0 Å². The fourth-order valence-electron chi connectivity index (χ4n) is 0. The van der Waals surface area contributed by atoms with Gasteiger partial charge in [-0.3, -0.25) is 0 Å². The van der Waals surface area contributed by atoms with Gasteiger partial charge in [0, 0.05) is 0 Å². The van der Waals surface area contributed by atoms with Crippen molar-refractivity contribution in [3.63, 3.8) is 0 Å². The van der Waals surface area contributed by atoms with Crippen molar-refractivity contribution in [1.82, 2.24) is 0 Å². The molecule has 4 nitrogen and oxygen atoms in total. The van der Waals surface area contributed by atoms with E-state index in [1.807, 2.05) is 0 Å². The van der Waals surface area contributed by atoms with Crippen LogP contribution in [0.25, 0.3) is 0 Å². The molecule has 0 spiro atoms. The summed E-state index contributed by atoms with van der Waals surface area (Å²) in [5.74, 6) is 0. The summed E-state index contributed by atoms with van der Waals surface area (Å²) in [6.07, 6.45) is 0. The molecule has 0 rings (SSSR count). The summed E-state index contributed by atoms with van der Waals surface area (Å²) < 4.78 is 8.88. The third kappa shape index (κ3) is 297. The Bertz CT molecular complexity index is 57.8. The summed E-state index contributed by atoms with van der Waals surface area (Å²) >= 11 is 0. The Morgan fingerprint density at radius 3 is 1.14 bits per heavy atom. The minimum atomic E-state index is -4.64. The maximum Gasteiger partial charge on any atom is 0.466 e. The molecule has 0 saturated heterocycles. The Morgan fingerprint density at radius 2 is 1.14 bits per heavy atom. The first kappa shape index (κ1) is 15.6. The summed E-state index contributed by atoms with van der Waals surface area (Å²) in [6, 6.07) is 0. The molecule has 7 heavy (non-hydrogen) atoms. The predicted molar refractivity (Wildman–Crippen MR) is 34.1 cm³/mol. The second-order valence-corrected chi connectivity index (χ2v) is 1.54. The lowest BCUT2D eigenvalue weighted by atomic mass is 10.8. The van der Waals surface area contributed by atoms with E-state index in [9.17, 15) is 0 Å². The second kappa shape index (κ2) is 4.86. The van der Waals surface area contributed by atoms with Gasteiger partial charge in [-0.05, 0) is 0 Å². The van der Waals surface area contributed by atoms with E-state index in [2.05, 4.69) is 0 Å². The molecule has 0 unspecified atom stereocenters. The lowest BCUT2D eigenvalue weighted by molar-refractivity contribution is 0.275. The molecule has 7 heteroatoms. The van der Waals surface area contributed by atoms with E-state index in [4.69, 9.17) is 19.2 Å².